The molecule has 6 rings (SSSR count). The molecule has 1 atom stereocenters. The number of imidazole rings is 1. The van der Waals surface area contributed by atoms with Gasteiger partial charge in [0.25, 0.3) is 0 Å². The first-order chi connectivity index (χ1) is 18.0. The van der Waals surface area contributed by atoms with Crippen molar-refractivity contribution in [2.45, 2.75) is 51.0 Å². The summed E-state index contributed by atoms with van der Waals surface area (Å²) in [5, 5.41) is 2.97. The van der Waals surface area contributed by atoms with E-state index in [9.17, 15) is 9.18 Å². The van der Waals surface area contributed by atoms with Gasteiger partial charge < -0.3 is 19.7 Å². The monoisotopic (exact) mass is 523 g/mol. The zero-order chi connectivity index (χ0) is 25.5. The standard InChI is InChI=1S/C27H31ClFN7O/c1-17-23-24(33-27(17)37)30-16-31-26(23)35-10-6-18(7-11-35)25-32-22(19-4-5-21(29)20(28)14-19)15-36(25)13-12-34-8-2-3-9-34/h4-5,14-18H,2-3,6-13H2,1H3,(H,30,31,33,37). The number of benzene rings is 1. The molecule has 37 heavy (non-hydrogen) atoms. The lowest BCUT2D eigenvalue weighted by Crippen LogP contribution is -2.35. The predicted octanol–water partition coefficient (Wildman–Crippen LogP) is 4.67. The van der Waals surface area contributed by atoms with Gasteiger partial charge in [0, 0.05) is 49.4 Å². The van der Waals surface area contributed by atoms with Crippen LogP contribution in [-0.4, -0.2) is 63.0 Å². The molecule has 2 fully saturated rings. The molecule has 2 saturated heterocycles. The molecular weight excluding hydrogens is 493 g/mol. The van der Waals surface area contributed by atoms with E-state index in [4.69, 9.17) is 16.6 Å². The Kier molecular flexibility index (Phi) is 6.58. The van der Waals surface area contributed by atoms with Crippen LogP contribution in [0.3, 0.4) is 0 Å². The Morgan fingerprint density at radius 3 is 2.65 bits per heavy atom. The summed E-state index contributed by atoms with van der Waals surface area (Å²) < 4.78 is 16.1. The molecule has 3 aliphatic heterocycles. The van der Waals surface area contributed by atoms with Crippen molar-refractivity contribution in [2.24, 2.45) is 0 Å². The zero-order valence-corrected chi connectivity index (χ0v) is 21.7. The van der Waals surface area contributed by atoms with Crippen LogP contribution in [0.15, 0.2) is 30.7 Å². The summed E-state index contributed by atoms with van der Waals surface area (Å²) in [5.74, 6) is 2.16. The summed E-state index contributed by atoms with van der Waals surface area (Å²) in [6.07, 6.45) is 8.02. The minimum Gasteiger partial charge on any atom is -0.356 e. The van der Waals surface area contributed by atoms with Gasteiger partial charge in [-0.25, -0.2) is 19.3 Å². The van der Waals surface area contributed by atoms with Crippen LogP contribution in [0.25, 0.3) is 11.3 Å². The number of piperidine rings is 1. The molecule has 1 N–H and O–H groups in total. The van der Waals surface area contributed by atoms with Crippen molar-refractivity contribution in [2.75, 3.05) is 42.9 Å². The molecule has 5 heterocycles. The summed E-state index contributed by atoms with van der Waals surface area (Å²) in [5.41, 5.74) is 2.55. The molecule has 2 aromatic heterocycles. The molecule has 3 aliphatic rings. The maximum absolute atomic E-state index is 13.8. The van der Waals surface area contributed by atoms with Gasteiger partial charge in [-0.05, 0) is 63.9 Å². The van der Waals surface area contributed by atoms with Crippen molar-refractivity contribution in [1.29, 1.82) is 0 Å². The number of hydrogen-bond acceptors (Lipinski definition) is 6. The van der Waals surface area contributed by atoms with Crippen LogP contribution in [0.1, 0.15) is 55.8 Å². The number of likely N-dealkylation sites (tertiary alicyclic amines) is 1. The summed E-state index contributed by atoms with van der Waals surface area (Å²) in [7, 11) is 0. The van der Waals surface area contributed by atoms with E-state index in [-0.39, 0.29) is 16.8 Å². The molecule has 0 aliphatic carbocycles. The van der Waals surface area contributed by atoms with Crippen molar-refractivity contribution in [3.8, 4) is 11.3 Å². The van der Waals surface area contributed by atoms with E-state index < -0.39 is 5.82 Å². The van der Waals surface area contributed by atoms with E-state index in [1.807, 2.05) is 6.92 Å². The highest BCUT2D eigenvalue weighted by Gasteiger charge is 2.34. The Morgan fingerprint density at radius 1 is 1.11 bits per heavy atom. The SMILES string of the molecule is CC1C(=O)Nc2ncnc(N3CCC(c4nc(-c5ccc(F)c(Cl)c5)cn4CCN4CCCC4)CC3)c21. The molecule has 3 aromatic rings. The predicted molar refractivity (Wildman–Crippen MR) is 142 cm³/mol. The van der Waals surface area contributed by atoms with E-state index in [0.29, 0.717) is 11.7 Å². The summed E-state index contributed by atoms with van der Waals surface area (Å²) in [6.45, 7) is 7.74. The number of anilines is 2. The molecule has 0 bridgehead atoms. The molecule has 1 aromatic carbocycles. The Labute approximate surface area is 220 Å². The number of aromatic nitrogens is 4. The van der Waals surface area contributed by atoms with E-state index >= 15 is 0 Å². The van der Waals surface area contributed by atoms with Crippen LogP contribution in [0.5, 0.6) is 0 Å². The fourth-order valence-electron chi connectivity index (χ4n) is 5.83. The maximum atomic E-state index is 13.8. The van der Waals surface area contributed by atoms with Gasteiger partial charge in [-0.3, -0.25) is 4.79 Å². The maximum Gasteiger partial charge on any atom is 0.233 e. The first-order valence-corrected chi connectivity index (χ1v) is 13.5. The van der Waals surface area contributed by atoms with E-state index in [1.54, 1.807) is 12.1 Å². The minimum absolute atomic E-state index is 0.0277. The average molecular weight is 524 g/mol. The van der Waals surface area contributed by atoms with Crippen molar-refractivity contribution in [1.82, 2.24) is 24.4 Å². The number of nitrogens with zero attached hydrogens (tertiary/aromatic N) is 6. The van der Waals surface area contributed by atoms with E-state index in [2.05, 4.69) is 35.8 Å². The van der Waals surface area contributed by atoms with Crippen molar-refractivity contribution in [3.05, 3.63) is 53.0 Å². The minimum atomic E-state index is -0.422. The highest BCUT2D eigenvalue weighted by atomic mass is 35.5. The highest BCUT2D eigenvalue weighted by molar-refractivity contribution is 6.31. The molecule has 0 spiro atoms. The first kappa shape index (κ1) is 24.3. The third-order valence-electron chi connectivity index (χ3n) is 7.97. The number of rotatable bonds is 6. The van der Waals surface area contributed by atoms with Gasteiger partial charge in [0.2, 0.25) is 5.91 Å². The second-order valence-corrected chi connectivity index (χ2v) is 10.7. The van der Waals surface area contributed by atoms with Crippen LogP contribution in [-0.2, 0) is 11.3 Å². The number of fused-ring (bicyclic) bond motifs is 1. The Balaban J connectivity index is 1.23. The lowest BCUT2D eigenvalue weighted by molar-refractivity contribution is -0.116. The Hall–Kier alpha value is -3.04. The molecule has 194 valence electrons. The normalized spacial score (nSPS) is 20.5. The molecule has 1 unspecified atom stereocenters. The van der Waals surface area contributed by atoms with Crippen molar-refractivity contribution in [3.63, 3.8) is 0 Å². The fraction of sp³-hybridized carbons (Fsp3) is 0.481. The molecule has 8 nitrogen and oxygen atoms in total. The summed E-state index contributed by atoms with van der Waals surface area (Å²) in [4.78, 5) is 30.9. The smallest absolute Gasteiger partial charge is 0.233 e. The Morgan fingerprint density at radius 2 is 1.89 bits per heavy atom. The molecule has 0 radical (unpaired) electrons. The van der Waals surface area contributed by atoms with Gasteiger partial charge >= 0.3 is 0 Å². The fourth-order valence-corrected chi connectivity index (χ4v) is 6.01. The second kappa shape index (κ2) is 10.0. The van der Waals surface area contributed by atoms with Crippen LogP contribution < -0.4 is 10.2 Å². The van der Waals surface area contributed by atoms with Crippen molar-refractivity contribution < 1.29 is 9.18 Å². The van der Waals surface area contributed by atoms with Crippen LogP contribution in [0.2, 0.25) is 5.02 Å². The number of carbonyl (C=O) groups excluding carboxylic acids is 1. The largest absolute Gasteiger partial charge is 0.356 e. The molecule has 0 saturated carbocycles. The van der Waals surface area contributed by atoms with Crippen LogP contribution in [0.4, 0.5) is 16.0 Å². The Bertz CT molecular complexity index is 1310. The van der Waals surface area contributed by atoms with Gasteiger partial charge in [0.05, 0.1) is 16.6 Å². The summed E-state index contributed by atoms with van der Waals surface area (Å²) >= 11 is 6.08. The first-order valence-electron chi connectivity index (χ1n) is 13.1. The quantitative estimate of drug-likeness (QED) is 0.506. The third kappa shape index (κ3) is 4.70. The number of nitrogens with one attached hydrogen (secondary N) is 1. The van der Waals surface area contributed by atoms with Gasteiger partial charge in [-0.2, -0.15) is 0 Å². The third-order valence-corrected chi connectivity index (χ3v) is 8.26. The van der Waals surface area contributed by atoms with Gasteiger partial charge in [0.15, 0.2) is 0 Å². The topological polar surface area (TPSA) is 79.2 Å². The molecule has 10 heteroatoms. The second-order valence-electron chi connectivity index (χ2n) is 10.3. The van der Waals surface area contributed by atoms with E-state index in [1.165, 1.54) is 25.2 Å². The van der Waals surface area contributed by atoms with Crippen LogP contribution >= 0.6 is 11.6 Å². The van der Waals surface area contributed by atoms with E-state index in [0.717, 1.165) is 80.6 Å². The van der Waals surface area contributed by atoms with Gasteiger partial charge in [-0.1, -0.05) is 11.6 Å². The molecule has 1 amide bonds. The lowest BCUT2D eigenvalue weighted by atomic mass is 9.95. The lowest BCUT2D eigenvalue weighted by Gasteiger charge is -2.33. The zero-order valence-electron chi connectivity index (χ0n) is 21.0. The number of amides is 1. The van der Waals surface area contributed by atoms with Gasteiger partial charge in [0.1, 0.15) is 29.6 Å². The number of carbonyl (C=O) groups is 1. The van der Waals surface area contributed by atoms with Crippen molar-refractivity contribution >= 4 is 29.1 Å². The summed E-state index contributed by atoms with van der Waals surface area (Å²) in [6, 6.07) is 4.80. The van der Waals surface area contributed by atoms with Crippen LogP contribution in [0, 0.1) is 5.82 Å². The number of hydrogen-bond donors (Lipinski definition) is 1. The highest BCUT2D eigenvalue weighted by Crippen LogP contribution is 2.39. The number of halogens is 2. The molecular formula is C27H31ClFN7O. The van der Waals surface area contributed by atoms with Gasteiger partial charge in [-0.15, -0.1) is 0 Å². The average Bonchev–Trinajstić information content (AvgIpc) is 3.64.